The van der Waals surface area contributed by atoms with Crippen molar-refractivity contribution in [3.8, 4) is 0 Å². The monoisotopic (exact) mass is 419 g/mol. The average molecular weight is 419 g/mol. The van der Waals surface area contributed by atoms with E-state index in [9.17, 15) is 19.8 Å². The van der Waals surface area contributed by atoms with Gasteiger partial charge in [-0.25, -0.2) is 9.59 Å². The lowest BCUT2D eigenvalue weighted by Gasteiger charge is -2.50. The van der Waals surface area contributed by atoms with E-state index < -0.39 is 41.7 Å². The molecule has 0 saturated carbocycles. The molecule has 3 saturated heterocycles. The van der Waals surface area contributed by atoms with Crippen LogP contribution in [0.3, 0.4) is 0 Å². The van der Waals surface area contributed by atoms with Crippen LogP contribution in [0, 0.1) is 10.8 Å². The minimum atomic E-state index is -2.71. The Labute approximate surface area is 170 Å². The molecule has 30 heavy (non-hydrogen) atoms. The highest BCUT2D eigenvalue weighted by Gasteiger charge is 2.75. The minimum Gasteiger partial charge on any atom is -0.451 e. The molecule has 3 heterocycles. The van der Waals surface area contributed by atoms with E-state index in [4.69, 9.17) is 26.0 Å². The summed E-state index contributed by atoms with van der Waals surface area (Å²) in [4.78, 5) is 24.8. The van der Waals surface area contributed by atoms with Crippen LogP contribution in [-0.2, 0) is 9.47 Å². The number of hydrogen-bond acceptors (Lipinski definition) is 8. The summed E-state index contributed by atoms with van der Waals surface area (Å²) in [5.41, 5.74) is 3.40. The third-order valence-corrected chi connectivity index (χ3v) is 5.51. The van der Waals surface area contributed by atoms with Gasteiger partial charge in [0.15, 0.2) is 23.7 Å². The zero-order valence-electron chi connectivity index (χ0n) is 15.6. The molecule has 0 aromatic heterocycles. The standard InChI is InChI=1S/C17H21N7O6/c18-13-22-11-9(7-29-15(20)26)21-14(19)24-6-10(17(27,28)16(11,24)23-13)30-12(25)8-4-2-1-3-5-8/h1-5,9-11,27-28H,6-7H2,(H2,19,21)(H2,20,26)(H3,18,22,23)/t9-,10-,11-,16-/m0/s1. The number of aliphatic hydroxyl groups is 2. The third kappa shape index (κ3) is 2.78. The van der Waals surface area contributed by atoms with E-state index in [1.807, 2.05) is 0 Å². The van der Waals surface area contributed by atoms with Crippen molar-refractivity contribution in [3.63, 3.8) is 0 Å². The van der Waals surface area contributed by atoms with Gasteiger partial charge in [0.2, 0.25) is 5.79 Å². The predicted octanol–water partition coefficient (Wildman–Crippen LogP) is -2.60. The number of nitrogens with zero attached hydrogens (tertiary/aromatic N) is 1. The number of hydrogen-bond donors (Lipinski definition) is 8. The Balaban J connectivity index is 1.66. The highest BCUT2D eigenvalue weighted by molar-refractivity contribution is 5.90. The van der Waals surface area contributed by atoms with Gasteiger partial charge in [0.1, 0.15) is 12.6 Å². The van der Waals surface area contributed by atoms with Crippen molar-refractivity contribution in [3.05, 3.63) is 35.9 Å². The fraction of sp³-hybridized carbons (Fsp3) is 0.412. The summed E-state index contributed by atoms with van der Waals surface area (Å²) < 4.78 is 10.2. The number of ether oxygens (including phenoxy) is 2. The molecule has 9 N–H and O–H groups in total. The number of guanidine groups is 2. The van der Waals surface area contributed by atoms with Gasteiger partial charge < -0.3 is 46.3 Å². The van der Waals surface area contributed by atoms with Gasteiger partial charge in [-0.15, -0.1) is 0 Å². The minimum absolute atomic E-state index is 0.221. The summed E-state index contributed by atoms with van der Waals surface area (Å²) in [6.45, 7) is -0.538. The van der Waals surface area contributed by atoms with Crippen LogP contribution in [0.15, 0.2) is 30.3 Å². The lowest BCUT2D eigenvalue weighted by molar-refractivity contribution is -0.258. The molecule has 0 unspecified atom stereocenters. The van der Waals surface area contributed by atoms with Crippen molar-refractivity contribution >= 4 is 24.0 Å². The van der Waals surface area contributed by atoms with E-state index in [2.05, 4.69) is 16.0 Å². The maximum Gasteiger partial charge on any atom is 0.404 e. The quantitative estimate of drug-likeness (QED) is 0.189. The van der Waals surface area contributed by atoms with Gasteiger partial charge in [0.25, 0.3) is 0 Å². The highest BCUT2D eigenvalue weighted by Crippen LogP contribution is 2.44. The van der Waals surface area contributed by atoms with Crippen LogP contribution in [0.5, 0.6) is 0 Å². The largest absolute Gasteiger partial charge is 0.451 e. The van der Waals surface area contributed by atoms with Crippen molar-refractivity contribution in [1.82, 2.24) is 20.9 Å². The highest BCUT2D eigenvalue weighted by atomic mass is 16.6. The Morgan fingerprint density at radius 3 is 2.60 bits per heavy atom. The summed E-state index contributed by atoms with van der Waals surface area (Å²) in [5, 5.41) is 46.7. The van der Waals surface area contributed by atoms with Crippen LogP contribution in [0.25, 0.3) is 0 Å². The van der Waals surface area contributed by atoms with Crippen molar-refractivity contribution in [2.75, 3.05) is 13.2 Å². The number of carbonyl (C=O) groups is 2. The Kier molecular flexibility index (Phi) is 4.43. The van der Waals surface area contributed by atoms with E-state index in [1.165, 1.54) is 17.0 Å². The molecule has 3 fully saturated rings. The molecular formula is C17H21N7O6. The van der Waals surface area contributed by atoms with Crippen LogP contribution in [-0.4, -0.2) is 81.9 Å². The van der Waals surface area contributed by atoms with Crippen molar-refractivity contribution in [2.24, 2.45) is 5.73 Å². The molecule has 13 nitrogen and oxygen atoms in total. The normalized spacial score (nSPS) is 31.0. The fourth-order valence-corrected chi connectivity index (χ4v) is 4.20. The first-order valence-electron chi connectivity index (χ1n) is 9.06. The molecule has 0 aliphatic carbocycles. The Morgan fingerprint density at radius 2 is 1.93 bits per heavy atom. The number of nitrogens with two attached hydrogens (primary N) is 1. The molecule has 13 heteroatoms. The maximum absolute atomic E-state index is 12.5. The van der Waals surface area contributed by atoms with Crippen LogP contribution < -0.4 is 21.7 Å². The molecule has 4 atom stereocenters. The van der Waals surface area contributed by atoms with Crippen LogP contribution in [0.4, 0.5) is 4.79 Å². The topological polar surface area (TPSA) is 206 Å². The first-order chi connectivity index (χ1) is 14.2. The molecule has 160 valence electrons. The summed E-state index contributed by atoms with van der Waals surface area (Å²) >= 11 is 0. The molecule has 0 bridgehead atoms. The molecule has 1 amide bonds. The van der Waals surface area contributed by atoms with Crippen LogP contribution in [0.1, 0.15) is 10.4 Å². The van der Waals surface area contributed by atoms with Gasteiger partial charge in [0, 0.05) is 0 Å². The maximum atomic E-state index is 12.5. The Bertz CT molecular complexity index is 909. The predicted molar refractivity (Wildman–Crippen MR) is 100 cm³/mol. The fourth-order valence-electron chi connectivity index (χ4n) is 4.20. The molecule has 4 rings (SSSR count). The molecule has 1 aromatic rings. The Morgan fingerprint density at radius 1 is 1.23 bits per heavy atom. The number of esters is 1. The number of benzene rings is 1. The summed E-state index contributed by atoms with van der Waals surface area (Å²) in [6.07, 6.45) is -2.49. The zero-order chi connectivity index (χ0) is 21.7. The second-order valence-corrected chi connectivity index (χ2v) is 7.21. The lowest BCUT2D eigenvalue weighted by Crippen LogP contribution is -2.81. The first kappa shape index (κ1) is 19.7. The van der Waals surface area contributed by atoms with Crippen LogP contribution >= 0.6 is 0 Å². The van der Waals surface area contributed by atoms with E-state index in [0.717, 1.165) is 0 Å². The summed E-state index contributed by atoms with van der Waals surface area (Å²) in [7, 11) is 0. The summed E-state index contributed by atoms with van der Waals surface area (Å²) in [6, 6.07) is 6.26. The van der Waals surface area contributed by atoms with Gasteiger partial charge in [0.05, 0.1) is 18.2 Å². The number of nitrogens with one attached hydrogen (secondary N) is 5. The van der Waals surface area contributed by atoms with E-state index in [-0.39, 0.29) is 30.6 Å². The number of carbonyl (C=O) groups excluding carboxylic acids is 2. The summed E-state index contributed by atoms with van der Waals surface area (Å²) in [5.74, 6) is -3.96. The third-order valence-electron chi connectivity index (χ3n) is 5.51. The van der Waals surface area contributed by atoms with E-state index >= 15 is 0 Å². The molecule has 1 aromatic carbocycles. The average Bonchev–Trinajstić information content (AvgIpc) is 3.16. The van der Waals surface area contributed by atoms with Gasteiger partial charge in [-0.05, 0) is 12.1 Å². The van der Waals surface area contributed by atoms with Crippen molar-refractivity contribution in [2.45, 2.75) is 29.6 Å². The van der Waals surface area contributed by atoms with Crippen molar-refractivity contribution < 1.29 is 29.3 Å². The molecule has 1 spiro atoms. The first-order valence-corrected chi connectivity index (χ1v) is 9.06. The number of amides is 1. The second-order valence-electron chi connectivity index (χ2n) is 7.21. The zero-order valence-corrected chi connectivity index (χ0v) is 15.6. The van der Waals surface area contributed by atoms with E-state index in [1.54, 1.807) is 18.2 Å². The van der Waals surface area contributed by atoms with Crippen molar-refractivity contribution in [1.29, 1.82) is 10.8 Å². The SMILES string of the molecule is N=C1N[C@H]2[C@H](COC(N)=O)NC(=N)N3C[C@H](OC(=O)c4ccccc4)C(O)(O)[C@]23N1. The van der Waals surface area contributed by atoms with Gasteiger partial charge in [-0.3, -0.25) is 10.8 Å². The molecule has 0 radical (unpaired) electrons. The second kappa shape index (κ2) is 6.74. The molecular weight excluding hydrogens is 398 g/mol. The molecule has 3 aliphatic heterocycles. The number of primary amides is 1. The van der Waals surface area contributed by atoms with Gasteiger partial charge in [-0.1, -0.05) is 18.2 Å². The lowest BCUT2D eigenvalue weighted by atomic mass is 9.85. The Hall–Kier alpha value is -3.58. The molecule has 3 aliphatic rings. The van der Waals surface area contributed by atoms with Gasteiger partial charge >= 0.3 is 12.1 Å². The van der Waals surface area contributed by atoms with E-state index in [0.29, 0.717) is 0 Å². The number of rotatable bonds is 4. The smallest absolute Gasteiger partial charge is 0.404 e. The van der Waals surface area contributed by atoms with Crippen LogP contribution in [0.2, 0.25) is 0 Å². The van der Waals surface area contributed by atoms with Gasteiger partial charge in [-0.2, -0.15) is 0 Å².